The van der Waals surface area contributed by atoms with Crippen LogP contribution in [0.25, 0.3) is 22.2 Å². The van der Waals surface area contributed by atoms with Gasteiger partial charge in [-0.05, 0) is 30.5 Å². The van der Waals surface area contributed by atoms with E-state index in [9.17, 15) is 4.79 Å². The maximum absolute atomic E-state index is 12.4. The third-order valence-corrected chi connectivity index (χ3v) is 5.66. The molecule has 0 atom stereocenters. The van der Waals surface area contributed by atoms with E-state index in [0.29, 0.717) is 23.3 Å². The summed E-state index contributed by atoms with van der Waals surface area (Å²) in [5, 5.41) is 3.77. The zero-order valence-electron chi connectivity index (χ0n) is 18.4. The number of carbonyl (C=O) groups is 1. The molecule has 0 unspecified atom stereocenters. The fourth-order valence-electron chi connectivity index (χ4n) is 3.84. The van der Waals surface area contributed by atoms with E-state index >= 15 is 0 Å². The number of nitrogens with one attached hydrogen (secondary N) is 1. The van der Waals surface area contributed by atoms with Crippen LogP contribution >= 0.6 is 0 Å². The largest absolute Gasteiger partial charge is 0.495 e. The molecule has 8 heteroatoms. The molecule has 1 saturated heterocycles. The molecule has 1 aromatic carbocycles. The van der Waals surface area contributed by atoms with Gasteiger partial charge in [0.15, 0.2) is 0 Å². The summed E-state index contributed by atoms with van der Waals surface area (Å²) in [5.41, 5.74) is 9.07. The van der Waals surface area contributed by atoms with E-state index in [1.165, 1.54) is 6.33 Å². The summed E-state index contributed by atoms with van der Waals surface area (Å²) in [6, 6.07) is 6.02. The molecule has 1 fully saturated rings. The first-order chi connectivity index (χ1) is 14.8. The summed E-state index contributed by atoms with van der Waals surface area (Å²) < 4.78 is 13.3. The number of ether oxygens (including phenoxy) is 2. The van der Waals surface area contributed by atoms with Crippen molar-refractivity contribution in [1.82, 2.24) is 14.5 Å². The lowest BCUT2D eigenvalue weighted by Gasteiger charge is -2.24. The van der Waals surface area contributed by atoms with E-state index in [0.717, 1.165) is 48.2 Å². The minimum absolute atomic E-state index is 0.0766. The second-order valence-electron chi connectivity index (χ2n) is 8.87. The highest BCUT2D eigenvalue weighted by Gasteiger charge is 2.24. The van der Waals surface area contributed by atoms with E-state index in [-0.39, 0.29) is 5.91 Å². The van der Waals surface area contributed by atoms with Gasteiger partial charge in [-0.1, -0.05) is 26.8 Å². The summed E-state index contributed by atoms with van der Waals surface area (Å²) >= 11 is 0. The Labute approximate surface area is 181 Å². The number of anilines is 2. The van der Waals surface area contributed by atoms with Crippen LogP contribution in [0.1, 0.15) is 39.7 Å². The normalized spacial score (nSPS) is 15.2. The van der Waals surface area contributed by atoms with E-state index in [2.05, 4.69) is 26.0 Å². The van der Waals surface area contributed by atoms with Crippen LogP contribution < -0.4 is 15.8 Å². The van der Waals surface area contributed by atoms with Gasteiger partial charge >= 0.3 is 0 Å². The molecule has 0 saturated carbocycles. The van der Waals surface area contributed by atoms with Crippen molar-refractivity contribution >= 4 is 28.4 Å². The highest BCUT2D eigenvalue weighted by atomic mass is 16.5. The van der Waals surface area contributed by atoms with Crippen molar-refractivity contribution in [2.45, 2.75) is 39.7 Å². The third kappa shape index (κ3) is 4.07. The number of fused-ring (bicyclic) bond motifs is 1. The first-order valence-corrected chi connectivity index (χ1v) is 10.5. The number of aromatic nitrogens is 3. The number of hydrogen-bond acceptors (Lipinski definition) is 6. The van der Waals surface area contributed by atoms with E-state index in [1.54, 1.807) is 7.11 Å². The lowest BCUT2D eigenvalue weighted by atomic mass is 9.95. The Kier molecular flexibility index (Phi) is 5.58. The summed E-state index contributed by atoms with van der Waals surface area (Å²) in [7, 11) is 1.59. The average molecular weight is 424 g/mol. The van der Waals surface area contributed by atoms with Gasteiger partial charge in [0.1, 0.15) is 23.5 Å². The molecule has 0 spiro atoms. The maximum atomic E-state index is 12.4. The van der Waals surface area contributed by atoms with Crippen LogP contribution in [0.4, 0.5) is 11.5 Å². The van der Waals surface area contributed by atoms with Crippen molar-refractivity contribution in [2.75, 3.05) is 31.4 Å². The first kappa shape index (κ1) is 21.1. The third-order valence-electron chi connectivity index (χ3n) is 5.66. The smallest absolute Gasteiger partial charge is 0.229 e. The van der Waals surface area contributed by atoms with Crippen molar-refractivity contribution < 1.29 is 14.3 Å². The average Bonchev–Trinajstić information content (AvgIpc) is 3.15. The zero-order valence-corrected chi connectivity index (χ0v) is 18.4. The predicted octanol–water partition coefficient (Wildman–Crippen LogP) is 4.03. The summed E-state index contributed by atoms with van der Waals surface area (Å²) in [4.78, 5) is 21.2. The minimum Gasteiger partial charge on any atom is -0.495 e. The second kappa shape index (κ2) is 8.19. The highest BCUT2D eigenvalue weighted by Crippen LogP contribution is 2.39. The van der Waals surface area contributed by atoms with Crippen molar-refractivity contribution in [1.29, 1.82) is 0 Å². The van der Waals surface area contributed by atoms with E-state index < -0.39 is 5.41 Å². The van der Waals surface area contributed by atoms with Gasteiger partial charge in [-0.25, -0.2) is 9.97 Å². The number of amides is 1. The second-order valence-corrected chi connectivity index (χ2v) is 8.87. The fourth-order valence-corrected chi connectivity index (χ4v) is 3.84. The first-order valence-electron chi connectivity index (χ1n) is 10.5. The van der Waals surface area contributed by atoms with Gasteiger partial charge in [0.25, 0.3) is 0 Å². The van der Waals surface area contributed by atoms with Crippen LogP contribution in [-0.4, -0.2) is 40.8 Å². The summed E-state index contributed by atoms with van der Waals surface area (Å²) in [6.45, 7) is 7.08. The summed E-state index contributed by atoms with van der Waals surface area (Å²) in [5.74, 6) is 0.944. The Morgan fingerprint density at radius 3 is 2.68 bits per heavy atom. The van der Waals surface area contributed by atoms with Gasteiger partial charge in [0, 0.05) is 36.4 Å². The number of methoxy groups -OCH3 is 1. The molecular formula is C23H29N5O3. The highest BCUT2D eigenvalue weighted by molar-refractivity contribution is 6.02. The number of nitrogens with zero attached hydrogens (tertiary/aromatic N) is 3. The van der Waals surface area contributed by atoms with E-state index in [1.807, 2.05) is 39.0 Å². The van der Waals surface area contributed by atoms with Crippen molar-refractivity contribution in [3.8, 4) is 16.9 Å². The Morgan fingerprint density at radius 2 is 2.00 bits per heavy atom. The lowest BCUT2D eigenvalue weighted by Crippen LogP contribution is -2.27. The maximum Gasteiger partial charge on any atom is 0.229 e. The molecule has 0 aliphatic carbocycles. The van der Waals surface area contributed by atoms with Gasteiger partial charge in [0.2, 0.25) is 5.91 Å². The predicted molar refractivity (Wildman–Crippen MR) is 121 cm³/mol. The van der Waals surface area contributed by atoms with Gasteiger partial charge in [-0.3, -0.25) is 4.79 Å². The number of carbonyl (C=O) groups excluding carboxylic acids is 1. The Hall–Kier alpha value is -3.13. The van der Waals surface area contributed by atoms with Crippen molar-refractivity contribution in [3.05, 3.63) is 30.7 Å². The van der Waals surface area contributed by atoms with Crippen LogP contribution in [0.5, 0.6) is 5.75 Å². The molecule has 1 aliphatic rings. The Morgan fingerprint density at radius 1 is 1.26 bits per heavy atom. The number of benzene rings is 1. The lowest BCUT2D eigenvalue weighted by molar-refractivity contribution is -0.123. The molecule has 164 valence electrons. The van der Waals surface area contributed by atoms with E-state index in [4.69, 9.17) is 15.2 Å². The number of hydrogen-bond donors (Lipinski definition) is 2. The summed E-state index contributed by atoms with van der Waals surface area (Å²) in [6.07, 6.45) is 5.44. The molecular weight excluding hydrogens is 394 g/mol. The zero-order chi connectivity index (χ0) is 22.2. The minimum atomic E-state index is -0.507. The Bertz CT molecular complexity index is 1110. The molecule has 3 N–H and O–H groups in total. The molecule has 31 heavy (non-hydrogen) atoms. The van der Waals surface area contributed by atoms with Gasteiger partial charge < -0.3 is 25.1 Å². The quantitative estimate of drug-likeness (QED) is 0.657. The molecule has 0 bridgehead atoms. The molecule has 4 rings (SSSR count). The molecule has 1 aliphatic heterocycles. The van der Waals surface area contributed by atoms with Crippen molar-refractivity contribution in [2.24, 2.45) is 5.41 Å². The van der Waals surface area contributed by atoms with Crippen molar-refractivity contribution in [3.63, 3.8) is 0 Å². The molecule has 3 aromatic rings. The fraction of sp³-hybridized carbons (Fsp3) is 0.435. The molecule has 3 heterocycles. The number of nitrogens with two attached hydrogens (primary N) is 1. The topological polar surface area (TPSA) is 104 Å². The van der Waals surface area contributed by atoms with Crippen LogP contribution in [0, 0.1) is 5.41 Å². The number of rotatable bonds is 4. The molecule has 1 amide bonds. The standard InChI is InChI=1S/C23H29N5O3/c1-23(2,3)22(29)27-17-6-5-14(11-18(17)30-4)16-12-28(15-7-9-31-10-8-15)21-19(16)20(24)25-13-26-21/h5-6,11-13,15H,7-10H2,1-4H3,(H,27,29)(H2,24,25,26). The van der Waals surface area contributed by atoms with Gasteiger partial charge in [0.05, 0.1) is 18.2 Å². The van der Waals surface area contributed by atoms with Gasteiger partial charge in [-0.2, -0.15) is 0 Å². The van der Waals surface area contributed by atoms with Crippen LogP contribution in [0.2, 0.25) is 0 Å². The van der Waals surface area contributed by atoms with Gasteiger partial charge in [-0.15, -0.1) is 0 Å². The number of nitrogen functional groups attached to an aromatic ring is 1. The monoisotopic (exact) mass is 423 g/mol. The molecule has 8 nitrogen and oxygen atoms in total. The molecule has 2 aromatic heterocycles. The Balaban J connectivity index is 1.79. The van der Waals surface area contributed by atoms with Crippen LogP contribution in [0.3, 0.4) is 0 Å². The van der Waals surface area contributed by atoms with Crippen LogP contribution in [0.15, 0.2) is 30.7 Å². The SMILES string of the molecule is COc1cc(-c2cn(C3CCOCC3)c3ncnc(N)c23)ccc1NC(=O)C(C)(C)C. The molecule has 0 radical (unpaired) electrons. The van der Waals surface area contributed by atoms with Crippen LogP contribution in [-0.2, 0) is 9.53 Å².